The summed E-state index contributed by atoms with van der Waals surface area (Å²) in [6.07, 6.45) is 6.48. The molecule has 1 heterocycles. The van der Waals surface area contributed by atoms with Crippen LogP contribution in [0.1, 0.15) is 28.8 Å². The molecule has 1 aliphatic rings. The predicted molar refractivity (Wildman–Crippen MR) is 64.5 cm³/mol. The molecule has 1 unspecified atom stereocenters. The molecule has 3 heteroatoms. The Morgan fingerprint density at radius 1 is 1.29 bits per heavy atom. The first-order valence-corrected chi connectivity index (χ1v) is 5.79. The molecule has 1 aromatic heterocycles. The molecule has 0 spiro atoms. The van der Waals surface area contributed by atoms with Gasteiger partial charge in [0.15, 0.2) is 0 Å². The highest BCUT2D eigenvalue weighted by molar-refractivity contribution is 5.44. The van der Waals surface area contributed by atoms with Crippen LogP contribution in [0.5, 0.6) is 0 Å². The minimum atomic E-state index is -0.963. The minimum absolute atomic E-state index is 0.643. The van der Waals surface area contributed by atoms with E-state index in [0.29, 0.717) is 12.1 Å². The third-order valence-corrected chi connectivity index (χ3v) is 3.45. The van der Waals surface area contributed by atoms with Crippen molar-refractivity contribution in [1.82, 2.24) is 9.97 Å². The van der Waals surface area contributed by atoms with Crippen LogP contribution >= 0.6 is 0 Å². The lowest BCUT2D eigenvalue weighted by atomic mass is 9.91. The van der Waals surface area contributed by atoms with Gasteiger partial charge in [0.05, 0.1) is 11.9 Å². The van der Waals surface area contributed by atoms with Gasteiger partial charge in [0.1, 0.15) is 5.60 Å². The Bertz CT molecular complexity index is 553. The molecule has 0 saturated heterocycles. The maximum absolute atomic E-state index is 10.8. The smallest absolute Gasteiger partial charge is 0.134 e. The van der Waals surface area contributed by atoms with Crippen molar-refractivity contribution in [1.29, 1.82) is 0 Å². The quantitative estimate of drug-likeness (QED) is 0.808. The van der Waals surface area contributed by atoms with Crippen molar-refractivity contribution < 1.29 is 5.11 Å². The summed E-state index contributed by atoms with van der Waals surface area (Å²) in [5, 5.41) is 10.8. The van der Waals surface area contributed by atoms with Gasteiger partial charge in [-0.05, 0) is 30.9 Å². The van der Waals surface area contributed by atoms with Crippen LogP contribution in [-0.4, -0.2) is 15.1 Å². The zero-order valence-corrected chi connectivity index (χ0v) is 9.72. The van der Waals surface area contributed by atoms with Gasteiger partial charge in [-0.25, -0.2) is 0 Å². The summed E-state index contributed by atoms with van der Waals surface area (Å²) in [6.45, 7) is 2.04. The van der Waals surface area contributed by atoms with Crippen LogP contribution in [0.2, 0.25) is 0 Å². The average molecular weight is 226 g/mol. The molecule has 0 saturated carbocycles. The zero-order chi connectivity index (χ0) is 11.9. The van der Waals surface area contributed by atoms with Crippen LogP contribution in [-0.2, 0) is 12.0 Å². The second kappa shape index (κ2) is 3.64. The maximum atomic E-state index is 10.8. The van der Waals surface area contributed by atoms with Crippen molar-refractivity contribution in [3.63, 3.8) is 0 Å². The van der Waals surface area contributed by atoms with Gasteiger partial charge >= 0.3 is 0 Å². The number of hydrogen-bond donors (Lipinski definition) is 1. The standard InChI is InChI=1S/C14H14N2O/c1-10-2-3-11-4-5-14(17,12(11)8-10)13-9-15-6-7-16-13/h2-3,6-9,17H,4-5H2,1H3. The highest BCUT2D eigenvalue weighted by Gasteiger charge is 2.39. The van der Waals surface area contributed by atoms with Gasteiger partial charge < -0.3 is 5.11 Å². The van der Waals surface area contributed by atoms with Crippen LogP contribution in [0.4, 0.5) is 0 Å². The van der Waals surface area contributed by atoms with E-state index in [2.05, 4.69) is 28.2 Å². The molecule has 17 heavy (non-hydrogen) atoms. The summed E-state index contributed by atoms with van der Waals surface area (Å²) < 4.78 is 0. The molecule has 1 aliphatic carbocycles. The van der Waals surface area contributed by atoms with Crippen LogP contribution in [0.3, 0.4) is 0 Å². The molecule has 3 nitrogen and oxygen atoms in total. The summed E-state index contributed by atoms with van der Waals surface area (Å²) in [5.41, 5.74) is 3.04. The molecule has 0 bridgehead atoms. The summed E-state index contributed by atoms with van der Waals surface area (Å²) in [6, 6.07) is 6.23. The van der Waals surface area contributed by atoms with Crippen molar-refractivity contribution in [3.05, 3.63) is 59.2 Å². The second-order valence-corrected chi connectivity index (χ2v) is 4.61. The van der Waals surface area contributed by atoms with Gasteiger partial charge in [-0.2, -0.15) is 0 Å². The molecule has 1 aromatic carbocycles. The maximum Gasteiger partial charge on any atom is 0.134 e. The molecule has 1 atom stereocenters. The highest BCUT2D eigenvalue weighted by Crippen LogP contribution is 2.41. The molecular weight excluding hydrogens is 212 g/mol. The fourth-order valence-corrected chi connectivity index (χ4v) is 2.52. The number of rotatable bonds is 1. The van der Waals surface area contributed by atoms with E-state index >= 15 is 0 Å². The average Bonchev–Trinajstić information content (AvgIpc) is 2.70. The number of aromatic nitrogens is 2. The fourth-order valence-electron chi connectivity index (χ4n) is 2.52. The largest absolute Gasteiger partial charge is 0.379 e. The molecule has 0 radical (unpaired) electrons. The lowest BCUT2D eigenvalue weighted by Crippen LogP contribution is -2.25. The Morgan fingerprint density at radius 2 is 2.18 bits per heavy atom. The Balaban J connectivity index is 2.16. The molecule has 2 aromatic rings. The number of benzene rings is 1. The SMILES string of the molecule is Cc1ccc2c(c1)C(O)(c1cnccn1)CC2. The Hall–Kier alpha value is -1.74. The van der Waals surface area contributed by atoms with E-state index in [1.54, 1.807) is 18.6 Å². The molecule has 0 amide bonds. The van der Waals surface area contributed by atoms with Crippen molar-refractivity contribution in [2.75, 3.05) is 0 Å². The Labute approximate surface area is 100 Å². The van der Waals surface area contributed by atoms with E-state index in [1.165, 1.54) is 5.56 Å². The van der Waals surface area contributed by atoms with Crippen molar-refractivity contribution in [2.45, 2.75) is 25.4 Å². The molecule has 86 valence electrons. The van der Waals surface area contributed by atoms with Gasteiger partial charge in [0, 0.05) is 12.4 Å². The number of aliphatic hydroxyl groups is 1. The highest BCUT2D eigenvalue weighted by atomic mass is 16.3. The topological polar surface area (TPSA) is 46.0 Å². The molecule has 0 fully saturated rings. The molecular formula is C14H14N2O. The van der Waals surface area contributed by atoms with E-state index in [-0.39, 0.29) is 0 Å². The lowest BCUT2D eigenvalue weighted by molar-refractivity contribution is 0.0778. The van der Waals surface area contributed by atoms with Crippen LogP contribution in [0.15, 0.2) is 36.8 Å². The van der Waals surface area contributed by atoms with Crippen molar-refractivity contribution >= 4 is 0 Å². The summed E-state index contributed by atoms with van der Waals surface area (Å²) in [4.78, 5) is 8.30. The van der Waals surface area contributed by atoms with E-state index in [0.717, 1.165) is 17.5 Å². The van der Waals surface area contributed by atoms with Gasteiger partial charge in [0.25, 0.3) is 0 Å². The van der Waals surface area contributed by atoms with E-state index in [9.17, 15) is 5.11 Å². The first-order chi connectivity index (χ1) is 8.20. The number of fused-ring (bicyclic) bond motifs is 1. The normalized spacial score (nSPS) is 22.5. The van der Waals surface area contributed by atoms with E-state index < -0.39 is 5.60 Å². The number of nitrogens with zero attached hydrogens (tertiary/aromatic N) is 2. The minimum Gasteiger partial charge on any atom is -0.379 e. The molecule has 1 N–H and O–H groups in total. The Morgan fingerprint density at radius 3 is 2.94 bits per heavy atom. The van der Waals surface area contributed by atoms with Gasteiger partial charge in [-0.1, -0.05) is 23.8 Å². The van der Waals surface area contributed by atoms with E-state index in [4.69, 9.17) is 0 Å². The summed E-state index contributed by atoms with van der Waals surface area (Å²) in [7, 11) is 0. The third-order valence-electron chi connectivity index (χ3n) is 3.45. The monoisotopic (exact) mass is 226 g/mol. The van der Waals surface area contributed by atoms with Crippen LogP contribution in [0, 0.1) is 6.92 Å². The van der Waals surface area contributed by atoms with Crippen LogP contribution < -0.4 is 0 Å². The number of hydrogen-bond acceptors (Lipinski definition) is 3. The van der Waals surface area contributed by atoms with Gasteiger partial charge in [-0.15, -0.1) is 0 Å². The van der Waals surface area contributed by atoms with E-state index in [1.807, 2.05) is 6.92 Å². The van der Waals surface area contributed by atoms with Gasteiger partial charge in [-0.3, -0.25) is 9.97 Å². The molecule has 3 rings (SSSR count). The first-order valence-electron chi connectivity index (χ1n) is 5.79. The summed E-state index contributed by atoms with van der Waals surface area (Å²) >= 11 is 0. The molecule has 0 aliphatic heterocycles. The third kappa shape index (κ3) is 1.54. The summed E-state index contributed by atoms with van der Waals surface area (Å²) in [5.74, 6) is 0. The lowest BCUT2D eigenvalue weighted by Gasteiger charge is -2.23. The number of aryl methyl sites for hydroxylation is 2. The van der Waals surface area contributed by atoms with Crippen molar-refractivity contribution in [3.8, 4) is 0 Å². The van der Waals surface area contributed by atoms with Crippen molar-refractivity contribution in [2.24, 2.45) is 0 Å². The Kier molecular flexibility index (Phi) is 2.23. The zero-order valence-electron chi connectivity index (χ0n) is 9.72. The van der Waals surface area contributed by atoms with Gasteiger partial charge in [0.2, 0.25) is 0 Å². The second-order valence-electron chi connectivity index (χ2n) is 4.61. The fraction of sp³-hybridized carbons (Fsp3) is 0.286. The van der Waals surface area contributed by atoms with Crippen LogP contribution in [0.25, 0.3) is 0 Å². The predicted octanol–water partition coefficient (Wildman–Crippen LogP) is 1.97. The first kappa shape index (κ1) is 10.4.